The minimum Gasteiger partial charge on any atom is -0.339 e. The molecule has 27 heavy (non-hydrogen) atoms. The molecule has 0 radical (unpaired) electrons. The molecule has 0 saturated carbocycles. The molecular formula is C21H26N2O3S. The van der Waals surface area contributed by atoms with Crippen LogP contribution in [0.1, 0.15) is 40.7 Å². The lowest BCUT2D eigenvalue weighted by Gasteiger charge is -2.27. The van der Waals surface area contributed by atoms with E-state index in [4.69, 9.17) is 0 Å². The summed E-state index contributed by atoms with van der Waals surface area (Å²) >= 11 is 0. The number of hydrogen-bond acceptors (Lipinski definition) is 3. The number of aryl methyl sites for hydroxylation is 2. The van der Waals surface area contributed by atoms with Crippen molar-refractivity contribution in [3.8, 4) is 0 Å². The number of piperidine rings is 1. The zero-order valence-electron chi connectivity index (χ0n) is 16.1. The highest BCUT2D eigenvalue weighted by Crippen LogP contribution is 2.27. The van der Waals surface area contributed by atoms with Crippen LogP contribution in [0.3, 0.4) is 0 Å². The van der Waals surface area contributed by atoms with Crippen LogP contribution in [-0.2, 0) is 10.0 Å². The third kappa shape index (κ3) is 4.00. The molecule has 144 valence electrons. The van der Waals surface area contributed by atoms with Crippen LogP contribution < -0.4 is 4.31 Å². The van der Waals surface area contributed by atoms with Crippen LogP contribution in [0.25, 0.3) is 0 Å². The van der Waals surface area contributed by atoms with E-state index in [1.807, 2.05) is 18.7 Å². The zero-order chi connectivity index (χ0) is 19.6. The van der Waals surface area contributed by atoms with Crippen LogP contribution in [0.5, 0.6) is 0 Å². The Morgan fingerprint density at radius 3 is 2.19 bits per heavy atom. The number of likely N-dealkylation sites (tertiary alicyclic amines) is 1. The van der Waals surface area contributed by atoms with Crippen molar-refractivity contribution in [3.05, 3.63) is 59.2 Å². The van der Waals surface area contributed by atoms with Crippen molar-refractivity contribution in [1.29, 1.82) is 0 Å². The van der Waals surface area contributed by atoms with Crippen LogP contribution in [0, 0.1) is 13.8 Å². The van der Waals surface area contributed by atoms with Gasteiger partial charge >= 0.3 is 0 Å². The van der Waals surface area contributed by atoms with Crippen molar-refractivity contribution in [2.75, 3.05) is 24.4 Å². The first-order chi connectivity index (χ1) is 12.8. The summed E-state index contributed by atoms with van der Waals surface area (Å²) < 4.78 is 27.1. The van der Waals surface area contributed by atoms with Crippen LogP contribution >= 0.6 is 0 Å². The second-order valence-electron chi connectivity index (χ2n) is 7.14. The van der Waals surface area contributed by atoms with E-state index in [9.17, 15) is 13.2 Å². The molecular weight excluding hydrogens is 360 g/mol. The molecule has 1 saturated heterocycles. The average Bonchev–Trinajstić information content (AvgIpc) is 2.68. The van der Waals surface area contributed by atoms with Gasteiger partial charge in [-0.2, -0.15) is 0 Å². The van der Waals surface area contributed by atoms with E-state index in [1.165, 1.54) is 10.7 Å². The fourth-order valence-corrected chi connectivity index (χ4v) is 4.68. The van der Waals surface area contributed by atoms with E-state index < -0.39 is 10.0 Å². The summed E-state index contributed by atoms with van der Waals surface area (Å²) in [5.41, 5.74) is 2.95. The number of amides is 1. The summed E-state index contributed by atoms with van der Waals surface area (Å²) in [4.78, 5) is 14.8. The molecule has 2 aromatic rings. The SMILES string of the molecule is Cc1ccc(S(=O)(=O)N(C)c2ccc(C(=O)N3CCCCC3)cc2C)cc1. The summed E-state index contributed by atoms with van der Waals surface area (Å²) in [7, 11) is -2.10. The summed E-state index contributed by atoms with van der Waals surface area (Å²) in [5.74, 6) is 0.0217. The highest BCUT2D eigenvalue weighted by atomic mass is 32.2. The number of sulfonamides is 1. The monoisotopic (exact) mass is 386 g/mol. The standard InChI is InChI=1S/C21H26N2O3S/c1-16-7-10-19(11-8-16)27(25,26)22(3)20-12-9-18(15-17(20)2)21(24)23-13-5-4-6-14-23/h7-12,15H,4-6,13-14H2,1-3H3. The molecule has 0 N–H and O–H groups in total. The molecule has 1 aliphatic rings. The van der Waals surface area contributed by atoms with Gasteiger partial charge in [-0.25, -0.2) is 8.42 Å². The van der Waals surface area contributed by atoms with Gasteiger partial charge in [-0.1, -0.05) is 17.7 Å². The van der Waals surface area contributed by atoms with Crippen molar-refractivity contribution in [1.82, 2.24) is 4.90 Å². The molecule has 0 aromatic heterocycles. The van der Waals surface area contributed by atoms with E-state index in [2.05, 4.69) is 0 Å². The Morgan fingerprint density at radius 1 is 0.963 bits per heavy atom. The third-order valence-corrected chi connectivity index (χ3v) is 6.89. The van der Waals surface area contributed by atoms with E-state index in [0.29, 0.717) is 11.3 Å². The van der Waals surface area contributed by atoms with Gasteiger partial charge in [0.2, 0.25) is 0 Å². The molecule has 0 aliphatic carbocycles. The molecule has 1 amide bonds. The zero-order valence-corrected chi connectivity index (χ0v) is 16.9. The van der Waals surface area contributed by atoms with Crippen LogP contribution in [0.2, 0.25) is 0 Å². The second-order valence-corrected chi connectivity index (χ2v) is 9.11. The predicted molar refractivity (Wildman–Crippen MR) is 108 cm³/mol. The van der Waals surface area contributed by atoms with Crippen LogP contribution in [0.4, 0.5) is 5.69 Å². The Bertz CT molecular complexity index is 930. The second kappa shape index (κ2) is 7.72. The molecule has 1 fully saturated rings. The van der Waals surface area contributed by atoms with Crippen molar-refractivity contribution in [3.63, 3.8) is 0 Å². The predicted octanol–water partition coefficient (Wildman–Crippen LogP) is 3.75. The lowest BCUT2D eigenvalue weighted by atomic mass is 10.1. The molecule has 2 aromatic carbocycles. The number of carbonyl (C=O) groups excluding carboxylic acids is 1. The fourth-order valence-electron chi connectivity index (χ4n) is 3.42. The Morgan fingerprint density at radius 2 is 1.59 bits per heavy atom. The number of rotatable bonds is 4. The Balaban J connectivity index is 1.86. The number of carbonyl (C=O) groups is 1. The van der Waals surface area contributed by atoms with Gasteiger partial charge in [0, 0.05) is 25.7 Å². The molecule has 0 atom stereocenters. The lowest BCUT2D eigenvalue weighted by Crippen LogP contribution is -2.35. The molecule has 5 nitrogen and oxygen atoms in total. The van der Waals surface area contributed by atoms with Crippen LogP contribution in [0.15, 0.2) is 47.4 Å². The lowest BCUT2D eigenvalue weighted by molar-refractivity contribution is 0.0724. The number of nitrogens with zero attached hydrogens (tertiary/aromatic N) is 2. The highest BCUT2D eigenvalue weighted by molar-refractivity contribution is 7.92. The third-order valence-electron chi connectivity index (χ3n) is 5.11. The number of benzene rings is 2. The van der Waals surface area contributed by atoms with Crippen LogP contribution in [-0.4, -0.2) is 39.4 Å². The maximum Gasteiger partial charge on any atom is 0.264 e. The summed E-state index contributed by atoms with van der Waals surface area (Å²) in [5, 5.41) is 0. The normalized spacial score (nSPS) is 14.9. The molecule has 3 rings (SSSR count). The smallest absolute Gasteiger partial charge is 0.264 e. The summed E-state index contributed by atoms with van der Waals surface area (Å²) in [6.45, 7) is 5.34. The molecule has 1 heterocycles. The largest absolute Gasteiger partial charge is 0.339 e. The van der Waals surface area contributed by atoms with Crippen molar-refractivity contribution >= 4 is 21.6 Å². The van der Waals surface area contributed by atoms with Crippen molar-refractivity contribution in [2.45, 2.75) is 38.0 Å². The number of anilines is 1. The molecule has 0 unspecified atom stereocenters. The quantitative estimate of drug-likeness (QED) is 0.804. The average molecular weight is 387 g/mol. The van der Waals surface area contributed by atoms with Crippen molar-refractivity contribution < 1.29 is 13.2 Å². The maximum atomic E-state index is 12.9. The Hall–Kier alpha value is -2.34. The minimum absolute atomic E-state index is 0.0217. The topological polar surface area (TPSA) is 57.7 Å². The summed E-state index contributed by atoms with van der Waals surface area (Å²) in [6.07, 6.45) is 3.25. The van der Waals surface area contributed by atoms with Gasteiger partial charge in [-0.3, -0.25) is 9.10 Å². The van der Waals surface area contributed by atoms with Gasteiger partial charge in [0.25, 0.3) is 15.9 Å². The number of hydrogen-bond donors (Lipinski definition) is 0. The Kier molecular flexibility index (Phi) is 5.56. The van der Waals surface area contributed by atoms with E-state index in [0.717, 1.165) is 37.1 Å². The first-order valence-corrected chi connectivity index (χ1v) is 10.7. The van der Waals surface area contributed by atoms with E-state index in [-0.39, 0.29) is 10.8 Å². The van der Waals surface area contributed by atoms with Gasteiger partial charge in [0.1, 0.15) is 0 Å². The van der Waals surface area contributed by atoms with E-state index in [1.54, 1.807) is 49.5 Å². The first kappa shape index (κ1) is 19.4. The Labute approximate surface area is 161 Å². The highest BCUT2D eigenvalue weighted by Gasteiger charge is 2.24. The first-order valence-electron chi connectivity index (χ1n) is 9.26. The molecule has 0 bridgehead atoms. The van der Waals surface area contributed by atoms with Gasteiger partial charge in [-0.05, 0) is 69.0 Å². The van der Waals surface area contributed by atoms with Gasteiger partial charge in [-0.15, -0.1) is 0 Å². The minimum atomic E-state index is -3.65. The molecule has 0 spiro atoms. The van der Waals surface area contributed by atoms with Crippen molar-refractivity contribution in [2.24, 2.45) is 0 Å². The van der Waals surface area contributed by atoms with Gasteiger partial charge in [0.05, 0.1) is 10.6 Å². The summed E-state index contributed by atoms with van der Waals surface area (Å²) in [6, 6.07) is 12.0. The molecule has 6 heteroatoms. The maximum absolute atomic E-state index is 12.9. The fraction of sp³-hybridized carbons (Fsp3) is 0.381. The van der Waals surface area contributed by atoms with Gasteiger partial charge in [0.15, 0.2) is 0 Å². The van der Waals surface area contributed by atoms with Gasteiger partial charge < -0.3 is 4.90 Å². The van der Waals surface area contributed by atoms with E-state index >= 15 is 0 Å². The molecule has 1 aliphatic heterocycles.